The van der Waals surface area contributed by atoms with Crippen LogP contribution in [-0.2, 0) is 16.0 Å². The normalized spacial score (nSPS) is 11.9. The third-order valence-electron chi connectivity index (χ3n) is 6.56. The molecule has 8 nitrogen and oxygen atoms in total. The van der Waals surface area contributed by atoms with E-state index in [-0.39, 0.29) is 36.2 Å². The van der Waals surface area contributed by atoms with Crippen molar-refractivity contribution < 1.29 is 23.5 Å². The summed E-state index contributed by atoms with van der Waals surface area (Å²) >= 11 is 0. The third-order valence-corrected chi connectivity index (χ3v) is 6.56. The number of nitrogens with one attached hydrogen (secondary N) is 1. The van der Waals surface area contributed by atoms with Gasteiger partial charge in [0, 0.05) is 36.7 Å². The highest BCUT2D eigenvalue weighted by Crippen LogP contribution is 2.29. The maximum Gasteiger partial charge on any atom is 0.336 e. The Balaban J connectivity index is 1.63. The minimum absolute atomic E-state index is 0.00217. The number of Topliss-reactive ketones (excluding diaryl/α,β-unsaturated/α-hetero) is 1. The van der Waals surface area contributed by atoms with Crippen molar-refractivity contribution in [3.63, 3.8) is 0 Å². The van der Waals surface area contributed by atoms with Crippen LogP contribution in [0.4, 0.5) is 4.39 Å². The second kappa shape index (κ2) is 14.8. The molecule has 0 saturated heterocycles. The van der Waals surface area contributed by atoms with Gasteiger partial charge in [-0.25, -0.2) is 14.0 Å². The number of hydrogen-bond donors (Lipinski definition) is 1. The van der Waals surface area contributed by atoms with Crippen LogP contribution >= 0.6 is 0 Å². The van der Waals surface area contributed by atoms with Gasteiger partial charge in [-0.3, -0.25) is 19.1 Å². The molecule has 212 valence electrons. The smallest absolute Gasteiger partial charge is 0.336 e. The fraction of sp³-hybridized carbons (Fsp3) is 0.355. The minimum Gasteiger partial charge on any atom is -0.493 e. The van der Waals surface area contributed by atoms with Gasteiger partial charge < -0.3 is 9.47 Å². The van der Waals surface area contributed by atoms with E-state index in [2.05, 4.69) is 11.9 Å². The number of H-pyrrole nitrogens is 1. The Bertz CT molecular complexity index is 1460. The van der Waals surface area contributed by atoms with E-state index in [9.17, 15) is 23.6 Å². The number of ketones is 1. The van der Waals surface area contributed by atoms with E-state index in [0.717, 1.165) is 24.8 Å². The Kier molecular flexibility index (Phi) is 11.2. The Morgan fingerprint density at radius 3 is 2.52 bits per heavy atom. The molecule has 0 bridgehead atoms. The lowest BCUT2D eigenvalue weighted by Crippen LogP contribution is -2.34. The molecule has 0 saturated carbocycles. The highest BCUT2D eigenvalue weighted by molar-refractivity contribution is 5.89. The number of aromatic nitrogens is 2. The third kappa shape index (κ3) is 8.90. The van der Waals surface area contributed by atoms with E-state index in [4.69, 9.17) is 9.47 Å². The van der Waals surface area contributed by atoms with Crippen molar-refractivity contribution in [2.24, 2.45) is 0 Å². The topological polar surface area (TPSA) is 107 Å². The van der Waals surface area contributed by atoms with Crippen LogP contribution in [0.15, 0.2) is 64.3 Å². The van der Waals surface area contributed by atoms with Gasteiger partial charge >= 0.3 is 11.7 Å². The van der Waals surface area contributed by atoms with Crippen molar-refractivity contribution in [1.82, 2.24) is 9.55 Å². The second-order valence-corrected chi connectivity index (χ2v) is 9.66. The van der Waals surface area contributed by atoms with Gasteiger partial charge in [-0.15, -0.1) is 0 Å². The highest BCUT2D eigenvalue weighted by atomic mass is 19.1. The summed E-state index contributed by atoms with van der Waals surface area (Å²) in [5, 5.41) is 0. The zero-order valence-electron chi connectivity index (χ0n) is 23.1. The molecule has 3 aromatic rings. The lowest BCUT2D eigenvalue weighted by molar-refractivity contribution is -0.129. The van der Waals surface area contributed by atoms with E-state index in [1.54, 1.807) is 37.3 Å². The SMILES string of the molecule is CCCCCC(CC(=O)CCc1ccc(OC(=O)/C=C/c2ccc(F)cc2)c(OC)c1)n1cc(C)c(=O)[nH]c1=O. The maximum atomic E-state index is 13.0. The van der Waals surface area contributed by atoms with Crippen molar-refractivity contribution in [2.75, 3.05) is 7.11 Å². The fourth-order valence-electron chi connectivity index (χ4n) is 4.31. The molecule has 1 N–H and O–H groups in total. The summed E-state index contributed by atoms with van der Waals surface area (Å²) in [6, 6.07) is 10.4. The highest BCUT2D eigenvalue weighted by Gasteiger charge is 2.18. The van der Waals surface area contributed by atoms with Gasteiger partial charge in [0.25, 0.3) is 5.56 Å². The summed E-state index contributed by atoms with van der Waals surface area (Å²) in [4.78, 5) is 51.8. The number of benzene rings is 2. The second-order valence-electron chi connectivity index (χ2n) is 9.66. The maximum absolute atomic E-state index is 13.0. The Morgan fingerprint density at radius 1 is 1.07 bits per heavy atom. The molecular formula is C31H35FN2O6. The number of hydrogen-bond acceptors (Lipinski definition) is 6. The molecule has 2 aromatic carbocycles. The standard InChI is InChI=1S/C31H35FN2O6/c1-4-5-6-7-25(34-20-21(2)30(37)33-31(34)38)19-26(35)15-10-23-11-16-27(28(18-23)39-3)40-29(36)17-12-22-8-13-24(32)14-9-22/h8-9,11-14,16-18,20,25H,4-7,10,15,19H2,1-3H3,(H,33,37,38)/b17-12+. The lowest BCUT2D eigenvalue weighted by atomic mass is 9.99. The molecule has 3 rings (SSSR count). The van der Waals surface area contributed by atoms with E-state index in [0.29, 0.717) is 29.7 Å². The number of rotatable bonds is 14. The van der Waals surface area contributed by atoms with Crippen LogP contribution in [0.2, 0.25) is 0 Å². The quantitative estimate of drug-likeness (QED) is 0.126. The van der Waals surface area contributed by atoms with E-state index < -0.39 is 17.2 Å². The fourth-order valence-corrected chi connectivity index (χ4v) is 4.31. The summed E-state index contributed by atoms with van der Waals surface area (Å²) in [5.74, 6) is -0.404. The largest absolute Gasteiger partial charge is 0.493 e. The first-order chi connectivity index (χ1) is 19.2. The van der Waals surface area contributed by atoms with Gasteiger partial charge in [0.15, 0.2) is 11.5 Å². The van der Waals surface area contributed by atoms with Crippen LogP contribution in [-0.4, -0.2) is 28.4 Å². The number of carbonyl (C=O) groups excluding carboxylic acids is 2. The number of carbonyl (C=O) groups is 2. The van der Waals surface area contributed by atoms with Gasteiger partial charge in [0.05, 0.1) is 7.11 Å². The van der Waals surface area contributed by atoms with Crippen LogP contribution in [0.5, 0.6) is 11.5 Å². The van der Waals surface area contributed by atoms with Crippen LogP contribution in [0.25, 0.3) is 6.08 Å². The molecule has 0 aliphatic heterocycles. The summed E-state index contributed by atoms with van der Waals surface area (Å²) in [6.07, 6.45) is 8.70. The molecule has 0 fully saturated rings. The monoisotopic (exact) mass is 550 g/mol. The van der Waals surface area contributed by atoms with Gasteiger partial charge in [-0.2, -0.15) is 0 Å². The van der Waals surface area contributed by atoms with Crippen molar-refractivity contribution >= 4 is 17.8 Å². The van der Waals surface area contributed by atoms with Crippen molar-refractivity contribution in [2.45, 2.75) is 64.8 Å². The predicted molar refractivity (Wildman–Crippen MR) is 151 cm³/mol. The van der Waals surface area contributed by atoms with E-state index in [1.165, 1.54) is 42.2 Å². The molecule has 0 spiro atoms. The molecule has 1 aromatic heterocycles. The molecule has 9 heteroatoms. The number of methoxy groups -OCH3 is 1. The van der Waals surface area contributed by atoms with E-state index >= 15 is 0 Å². The molecule has 40 heavy (non-hydrogen) atoms. The molecular weight excluding hydrogens is 515 g/mol. The van der Waals surface area contributed by atoms with E-state index in [1.807, 2.05) is 0 Å². The number of esters is 1. The van der Waals surface area contributed by atoms with Gasteiger partial charge in [-0.05, 0) is 61.2 Å². The number of aromatic amines is 1. The number of ether oxygens (including phenoxy) is 2. The average Bonchev–Trinajstić information content (AvgIpc) is 2.93. The van der Waals surface area contributed by atoms with Gasteiger partial charge in [-0.1, -0.05) is 44.4 Å². The molecule has 0 aliphatic carbocycles. The molecule has 1 unspecified atom stereocenters. The average molecular weight is 551 g/mol. The minimum atomic E-state index is -0.618. The predicted octanol–water partition coefficient (Wildman–Crippen LogP) is 5.32. The summed E-state index contributed by atoms with van der Waals surface area (Å²) < 4.78 is 25.3. The summed E-state index contributed by atoms with van der Waals surface area (Å²) in [6.45, 7) is 3.72. The van der Waals surface area contributed by atoms with Crippen LogP contribution in [0.1, 0.15) is 68.2 Å². The molecule has 1 atom stereocenters. The van der Waals surface area contributed by atoms with Crippen molar-refractivity contribution in [1.29, 1.82) is 0 Å². The number of halogens is 1. The molecule has 0 aliphatic rings. The van der Waals surface area contributed by atoms with Crippen LogP contribution < -0.4 is 20.7 Å². The van der Waals surface area contributed by atoms with Crippen molar-refractivity contribution in [3.05, 3.63) is 98.1 Å². The van der Waals surface area contributed by atoms with Gasteiger partial charge in [0.1, 0.15) is 11.6 Å². The molecule has 1 heterocycles. The first kappa shape index (κ1) is 30.3. The Morgan fingerprint density at radius 2 is 1.82 bits per heavy atom. The van der Waals surface area contributed by atoms with Crippen molar-refractivity contribution in [3.8, 4) is 11.5 Å². The zero-order chi connectivity index (χ0) is 29.1. The number of unbranched alkanes of at least 4 members (excludes halogenated alkanes) is 2. The zero-order valence-corrected chi connectivity index (χ0v) is 23.1. The number of aryl methyl sites for hydroxylation is 2. The van der Waals surface area contributed by atoms with Gasteiger partial charge in [0.2, 0.25) is 0 Å². The summed E-state index contributed by atoms with van der Waals surface area (Å²) in [5.41, 5.74) is 0.968. The first-order valence-electron chi connectivity index (χ1n) is 13.4. The Hall–Kier alpha value is -4.27. The Labute approximate surface area is 232 Å². The summed E-state index contributed by atoms with van der Waals surface area (Å²) in [7, 11) is 1.46. The molecule has 0 amide bonds. The van der Waals surface area contributed by atoms with Crippen LogP contribution in [0.3, 0.4) is 0 Å². The van der Waals surface area contributed by atoms with Crippen LogP contribution in [0, 0.1) is 12.7 Å². The first-order valence-corrected chi connectivity index (χ1v) is 13.4. The lowest BCUT2D eigenvalue weighted by Gasteiger charge is -2.19. The molecule has 0 radical (unpaired) electrons. The number of nitrogens with zero attached hydrogens (tertiary/aromatic N) is 1.